The van der Waals surface area contributed by atoms with Crippen LogP contribution in [0.2, 0.25) is 5.02 Å². The highest BCUT2D eigenvalue weighted by atomic mass is 35.5. The van der Waals surface area contributed by atoms with Crippen LogP contribution in [0.4, 0.5) is 5.82 Å². The van der Waals surface area contributed by atoms with Crippen molar-refractivity contribution in [3.63, 3.8) is 0 Å². The van der Waals surface area contributed by atoms with Crippen LogP contribution in [0.3, 0.4) is 0 Å². The fourth-order valence-electron chi connectivity index (χ4n) is 1.71. The van der Waals surface area contributed by atoms with Crippen molar-refractivity contribution in [3.8, 4) is 0 Å². The molecule has 1 heterocycles. The van der Waals surface area contributed by atoms with E-state index in [1.807, 2.05) is 20.8 Å². The molecule has 1 rings (SSSR count). The Labute approximate surface area is 131 Å². The number of unbranched alkanes of at least 4 members (excludes halogenated alkanes) is 1. The number of rotatable bonds is 9. The predicted molar refractivity (Wildman–Crippen MR) is 86.1 cm³/mol. The Morgan fingerprint density at radius 1 is 1.43 bits per heavy atom. The van der Waals surface area contributed by atoms with Crippen molar-refractivity contribution in [1.82, 2.24) is 10.3 Å². The van der Waals surface area contributed by atoms with Crippen LogP contribution in [0.15, 0.2) is 12.3 Å². The molecule has 5 nitrogen and oxygen atoms in total. The van der Waals surface area contributed by atoms with Crippen LogP contribution in [0.1, 0.15) is 44.0 Å². The number of carbonyl (C=O) groups excluding carboxylic acids is 1. The zero-order valence-corrected chi connectivity index (χ0v) is 13.7. The summed E-state index contributed by atoms with van der Waals surface area (Å²) in [4.78, 5) is 16.1. The molecule has 6 heteroatoms. The first-order chi connectivity index (χ1) is 10.0. The van der Waals surface area contributed by atoms with Gasteiger partial charge >= 0.3 is 0 Å². The summed E-state index contributed by atoms with van der Waals surface area (Å²) in [6.45, 7) is 8.05. The lowest BCUT2D eigenvalue weighted by molar-refractivity contribution is 0.0754. The second-order valence-electron chi connectivity index (χ2n) is 4.97. The Balaban J connectivity index is 2.33. The van der Waals surface area contributed by atoms with Crippen LogP contribution in [0.5, 0.6) is 0 Å². The highest BCUT2D eigenvalue weighted by Gasteiger charge is 2.09. The first-order valence-corrected chi connectivity index (χ1v) is 7.71. The molecule has 21 heavy (non-hydrogen) atoms. The number of nitrogens with zero attached hydrogens (tertiary/aromatic N) is 1. The Hall–Kier alpha value is -1.33. The summed E-state index contributed by atoms with van der Waals surface area (Å²) in [6.07, 6.45) is 3.59. The average Bonchev–Trinajstić information content (AvgIpc) is 2.44. The number of aromatic nitrogens is 1. The van der Waals surface area contributed by atoms with Crippen LogP contribution < -0.4 is 10.6 Å². The third-order valence-electron chi connectivity index (χ3n) is 2.76. The van der Waals surface area contributed by atoms with Crippen LogP contribution in [0, 0.1) is 0 Å². The number of hydrogen-bond acceptors (Lipinski definition) is 4. The van der Waals surface area contributed by atoms with Gasteiger partial charge in [0.05, 0.1) is 16.7 Å². The fourth-order valence-corrected chi connectivity index (χ4v) is 1.94. The number of halogens is 1. The lowest BCUT2D eigenvalue weighted by Gasteiger charge is -2.09. The fraction of sp³-hybridized carbons (Fsp3) is 0.600. The van der Waals surface area contributed by atoms with E-state index in [0.717, 1.165) is 26.0 Å². The van der Waals surface area contributed by atoms with E-state index in [4.69, 9.17) is 16.3 Å². The van der Waals surface area contributed by atoms with Gasteiger partial charge in [0, 0.05) is 25.9 Å². The van der Waals surface area contributed by atoms with Gasteiger partial charge in [-0.05, 0) is 39.7 Å². The number of carbonyl (C=O) groups is 1. The number of pyridine rings is 1. The van der Waals surface area contributed by atoms with Gasteiger partial charge in [-0.2, -0.15) is 0 Å². The average molecular weight is 314 g/mol. The zero-order valence-electron chi connectivity index (χ0n) is 12.9. The van der Waals surface area contributed by atoms with Crippen LogP contribution in [-0.4, -0.2) is 36.7 Å². The molecule has 0 fully saturated rings. The summed E-state index contributed by atoms with van der Waals surface area (Å²) in [7, 11) is 0. The maximum absolute atomic E-state index is 11.9. The van der Waals surface area contributed by atoms with Gasteiger partial charge in [0.2, 0.25) is 0 Å². The number of anilines is 1. The van der Waals surface area contributed by atoms with Gasteiger partial charge in [-0.25, -0.2) is 4.98 Å². The van der Waals surface area contributed by atoms with Crippen molar-refractivity contribution in [2.75, 3.05) is 25.0 Å². The smallest absolute Gasteiger partial charge is 0.252 e. The van der Waals surface area contributed by atoms with Crippen LogP contribution in [-0.2, 0) is 4.74 Å². The molecular weight excluding hydrogens is 290 g/mol. The number of ether oxygens (including phenoxy) is 1. The van der Waals surface area contributed by atoms with Gasteiger partial charge in [-0.15, -0.1) is 0 Å². The van der Waals surface area contributed by atoms with E-state index in [9.17, 15) is 4.79 Å². The highest BCUT2D eigenvalue weighted by molar-refractivity contribution is 6.33. The summed E-state index contributed by atoms with van der Waals surface area (Å²) in [5, 5.41) is 6.33. The molecule has 118 valence electrons. The second kappa shape index (κ2) is 9.58. The number of hydrogen-bond donors (Lipinski definition) is 2. The first kappa shape index (κ1) is 17.7. The van der Waals surface area contributed by atoms with Gasteiger partial charge < -0.3 is 15.4 Å². The lowest BCUT2D eigenvalue weighted by Crippen LogP contribution is -2.25. The van der Waals surface area contributed by atoms with Crippen LogP contribution in [0.25, 0.3) is 0 Å². The topological polar surface area (TPSA) is 63.2 Å². The quantitative estimate of drug-likeness (QED) is 0.688. The Kier molecular flexibility index (Phi) is 8.08. The van der Waals surface area contributed by atoms with Gasteiger partial charge in [-0.1, -0.05) is 11.6 Å². The summed E-state index contributed by atoms with van der Waals surface area (Å²) >= 11 is 6.06. The standard InChI is InChI=1S/C15H24ClN3O2/c1-4-17-14-13(16)9-12(10-19-14)15(20)18-7-5-6-8-21-11(2)3/h9-11H,4-8H2,1-3H3,(H,17,19)(H,18,20). The van der Waals surface area contributed by atoms with Gasteiger partial charge in [0.25, 0.3) is 5.91 Å². The SMILES string of the molecule is CCNc1ncc(C(=O)NCCCCOC(C)C)cc1Cl. The molecule has 0 atom stereocenters. The summed E-state index contributed by atoms with van der Waals surface area (Å²) in [5.74, 6) is 0.443. The minimum absolute atomic E-state index is 0.155. The zero-order chi connectivity index (χ0) is 15.7. The number of amides is 1. The summed E-state index contributed by atoms with van der Waals surface area (Å²) in [5.41, 5.74) is 0.472. The van der Waals surface area contributed by atoms with E-state index in [-0.39, 0.29) is 12.0 Å². The van der Waals surface area contributed by atoms with Gasteiger partial charge in [-0.3, -0.25) is 4.79 Å². The molecule has 0 aromatic carbocycles. The van der Waals surface area contributed by atoms with E-state index < -0.39 is 0 Å². The molecule has 0 bridgehead atoms. The maximum atomic E-state index is 11.9. The van der Waals surface area contributed by atoms with Crippen molar-refractivity contribution in [3.05, 3.63) is 22.8 Å². The van der Waals surface area contributed by atoms with Crippen molar-refractivity contribution >= 4 is 23.3 Å². The molecular formula is C15H24ClN3O2. The van der Waals surface area contributed by atoms with Crippen molar-refractivity contribution in [2.45, 2.75) is 39.7 Å². The van der Waals surface area contributed by atoms with E-state index >= 15 is 0 Å². The minimum Gasteiger partial charge on any atom is -0.379 e. The normalized spacial score (nSPS) is 10.7. The number of nitrogens with one attached hydrogen (secondary N) is 2. The van der Waals surface area contributed by atoms with Crippen molar-refractivity contribution in [2.24, 2.45) is 0 Å². The van der Waals surface area contributed by atoms with Crippen molar-refractivity contribution in [1.29, 1.82) is 0 Å². The molecule has 0 aliphatic carbocycles. The Morgan fingerprint density at radius 2 is 2.19 bits per heavy atom. The molecule has 0 aliphatic rings. The Bertz CT molecular complexity index is 453. The van der Waals surface area contributed by atoms with E-state index in [1.54, 1.807) is 6.07 Å². The van der Waals surface area contributed by atoms with Crippen molar-refractivity contribution < 1.29 is 9.53 Å². The van der Waals surface area contributed by atoms with Crippen LogP contribution >= 0.6 is 11.6 Å². The summed E-state index contributed by atoms with van der Waals surface area (Å²) in [6, 6.07) is 1.63. The summed E-state index contributed by atoms with van der Waals surface area (Å²) < 4.78 is 5.44. The van der Waals surface area contributed by atoms with E-state index in [0.29, 0.717) is 22.9 Å². The monoisotopic (exact) mass is 313 g/mol. The van der Waals surface area contributed by atoms with E-state index in [2.05, 4.69) is 15.6 Å². The molecule has 1 aromatic heterocycles. The molecule has 0 unspecified atom stereocenters. The molecule has 1 aromatic rings. The van der Waals surface area contributed by atoms with Gasteiger partial charge in [0.15, 0.2) is 0 Å². The Morgan fingerprint density at radius 3 is 2.81 bits per heavy atom. The molecule has 1 amide bonds. The maximum Gasteiger partial charge on any atom is 0.252 e. The minimum atomic E-state index is -0.155. The molecule has 0 radical (unpaired) electrons. The molecule has 0 saturated heterocycles. The molecule has 0 saturated carbocycles. The third kappa shape index (κ3) is 6.78. The predicted octanol–water partition coefficient (Wildman–Crippen LogP) is 3.10. The largest absolute Gasteiger partial charge is 0.379 e. The third-order valence-corrected chi connectivity index (χ3v) is 3.04. The highest BCUT2D eigenvalue weighted by Crippen LogP contribution is 2.19. The van der Waals surface area contributed by atoms with Gasteiger partial charge in [0.1, 0.15) is 5.82 Å². The second-order valence-corrected chi connectivity index (χ2v) is 5.37. The molecule has 0 aliphatic heterocycles. The first-order valence-electron chi connectivity index (χ1n) is 7.33. The molecule has 0 spiro atoms. The lowest BCUT2D eigenvalue weighted by atomic mass is 10.2. The van der Waals surface area contributed by atoms with E-state index in [1.165, 1.54) is 6.20 Å². The molecule has 2 N–H and O–H groups in total.